The number of hydrogen-bond donors (Lipinski definition) is 0. The van der Waals surface area contributed by atoms with Gasteiger partial charge in [0.05, 0.1) is 6.54 Å². The Morgan fingerprint density at radius 1 is 1.32 bits per heavy atom. The highest BCUT2D eigenvalue weighted by Gasteiger charge is 2.22. The van der Waals surface area contributed by atoms with Crippen molar-refractivity contribution in [1.82, 2.24) is 9.80 Å². The predicted octanol–water partition coefficient (Wildman–Crippen LogP) is 1.13. The standard InChI is InChI=1S/C14H26N2O3/c1-12-5-8-15(9-6-12)14(18)11-16(13(2)17)7-4-10-19-3/h12H,4-11H2,1-3H3. The van der Waals surface area contributed by atoms with E-state index < -0.39 is 0 Å². The molecule has 5 nitrogen and oxygen atoms in total. The van der Waals surface area contributed by atoms with Gasteiger partial charge in [0.2, 0.25) is 11.8 Å². The molecule has 0 saturated carbocycles. The fraction of sp³-hybridized carbons (Fsp3) is 0.857. The number of hydrogen-bond acceptors (Lipinski definition) is 3. The lowest BCUT2D eigenvalue weighted by atomic mass is 9.99. The lowest BCUT2D eigenvalue weighted by Crippen LogP contribution is -2.45. The van der Waals surface area contributed by atoms with Crippen molar-refractivity contribution in [2.24, 2.45) is 5.92 Å². The second kappa shape index (κ2) is 8.15. The van der Waals surface area contributed by atoms with Crippen molar-refractivity contribution in [2.45, 2.75) is 33.1 Å². The van der Waals surface area contributed by atoms with Crippen molar-refractivity contribution >= 4 is 11.8 Å². The van der Waals surface area contributed by atoms with E-state index >= 15 is 0 Å². The fourth-order valence-corrected chi connectivity index (χ4v) is 2.27. The van der Waals surface area contributed by atoms with Crippen molar-refractivity contribution in [1.29, 1.82) is 0 Å². The molecule has 0 aliphatic carbocycles. The molecule has 0 aromatic carbocycles. The summed E-state index contributed by atoms with van der Waals surface area (Å²) in [5.41, 5.74) is 0. The van der Waals surface area contributed by atoms with Gasteiger partial charge in [-0.05, 0) is 25.2 Å². The zero-order chi connectivity index (χ0) is 14.3. The molecule has 1 heterocycles. The largest absolute Gasteiger partial charge is 0.385 e. The van der Waals surface area contributed by atoms with Gasteiger partial charge in [-0.25, -0.2) is 0 Å². The Balaban J connectivity index is 2.40. The van der Waals surface area contributed by atoms with Crippen LogP contribution in [0.5, 0.6) is 0 Å². The number of carbonyl (C=O) groups excluding carboxylic acids is 2. The number of piperidine rings is 1. The molecule has 0 aromatic heterocycles. The Labute approximate surface area is 115 Å². The van der Waals surface area contributed by atoms with Crippen molar-refractivity contribution in [3.63, 3.8) is 0 Å². The first-order chi connectivity index (χ1) is 9.04. The van der Waals surface area contributed by atoms with Gasteiger partial charge in [-0.15, -0.1) is 0 Å². The molecule has 1 aliphatic rings. The van der Waals surface area contributed by atoms with Crippen LogP contribution in [0.15, 0.2) is 0 Å². The van der Waals surface area contributed by atoms with Gasteiger partial charge in [0.25, 0.3) is 0 Å². The van der Waals surface area contributed by atoms with Gasteiger partial charge in [-0.2, -0.15) is 0 Å². The van der Waals surface area contributed by atoms with Gasteiger partial charge < -0.3 is 14.5 Å². The summed E-state index contributed by atoms with van der Waals surface area (Å²) < 4.78 is 4.97. The van der Waals surface area contributed by atoms with Crippen molar-refractivity contribution < 1.29 is 14.3 Å². The topological polar surface area (TPSA) is 49.9 Å². The molecular formula is C14H26N2O3. The monoisotopic (exact) mass is 270 g/mol. The molecule has 1 aliphatic heterocycles. The van der Waals surface area contributed by atoms with Gasteiger partial charge in [-0.1, -0.05) is 6.92 Å². The lowest BCUT2D eigenvalue weighted by Gasteiger charge is -2.32. The van der Waals surface area contributed by atoms with E-state index in [9.17, 15) is 9.59 Å². The minimum atomic E-state index is -0.0465. The first kappa shape index (κ1) is 16.0. The molecular weight excluding hydrogens is 244 g/mol. The quantitative estimate of drug-likeness (QED) is 0.680. The maximum atomic E-state index is 12.2. The van der Waals surface area contributed by atoms with E-state index in [2.05, 4.69) is 6.92 Å². The van der Waals surface area contributed by atoms with Gasteiger partial charge in [0, 0.05) is 40.3 Å². The van der Waals surface area contributed by atoms with Crippen LogP contribution < -0.4 is 0 Å². The summed E-state index contributed by atoms with van der Waals surface area (Å²) in [5, 5.41) is 0. The molecule has 0 radical (unpaired) electrons. The average molecular weight is 270 g/mol. The van der Waals surface area contributed by atoms with Crippen LogP contribution in [0, 0.1) is 5.92 Å². The van der Waals surface area contributed by atoms with Crippen LogP contribution in [0.1, 0.15) is 33.1 Å². The Morgan fingerprint density at radius 2 is 1.95 bits per heavy atom. The van der Waals surface area contributed by atoms with E-state index in [4.69, 9.17) is 4.74 Å². The molecule has 1 rings (SSSR count). The number of rotatable bonds is 6. The van der Waals surface area contributed by atoms with E-state index in [0.29, 0.717) is 19.1 Å². The minimum Gasteiger partial charge on any atom is -0.385 e. The Hall–Kier alpha value is -1.10. The summed E-state index contributed by atoms with van der Waals surface area (Å²) >= 11 is 0. The van der Waals surface area contributed by atoms with Gasteiger partial charge >= 0.3 is 0 Å². The summed E-state index contributed by atoms with van der Waals surface area (Å²) in [6.45, 7) is 6.77. The summed E-state index contributed by atoms with van der Waals surface area (Å²) in [5.74, 6) is 0.726. The Kier molecular flexibility index (Phi) is 6.84. The zero-order valence-electron chi connectivity index (χ0n) is 12.4. The molecule has 1 saturated heterocycles. The van der Waals surface area contributed by atoms with Crippen LogP contribution in [0.25, 0.3) is 0 Å². The third-order valence-corrected chi connectivity index (χ3v) is 3.68. The number of nitrogens with zero attached hydrogens (tertiary/aromatic N) is 2. The zero-order valence-corrected chi connectivity index (χ0v) is 12.4. The van der Waals surface area contributed by atoms with Crippen LogP contribution in [-0.2, 0) is 14.3 Å². The van der Waals surface area contributed by atoms with Crippen LogP contribution in [0.3, 0.4) is 0 Å². The third kappa shape index (κ3) is 5.59. The van der Waals surface area contributed by atoms with E-state index in [0.717, 1.165) is 32.4 Å². The van der Waals surface area contributed by atoms with Crippen molar-refractivity contribution in [3.05, 3.63) is 0 Å². The summed E-state index contributed by atoms with van der Waals surface area (Å²) in [4.78, 5) is 27.2. The second-order valence-corrected chi connectivity index (χ2v) is 5.35. The SMILES string of the molecule is COCCCN(CC(=O)N1CCC(C)CC1)C(C)=O. The highest BCUT2D eigenvalue weighted by Crippen LogP contribution is 2.16. The van der Waals surface area contributed by atoms with Crippen LogP contribution >= 0.6 is 0 Å². The second-order valence-electron chi connectivity index (χ2n) is 5.35. The van der Waals surface area contributed by atoms with Crippen LogP contribution in [0.2, 0.25) is 0 Å². The molecule has 0 bridgehead atoms. The molecule has 0 aromatic rings. The van der Waals surface area contributed by atoms with E-state index in [-0.39, 0.29) is 18.4 Å². The minimum absolute atomic E-state index is 0.0465. The maximum Gasteiger partial charge on any atom is 0.242 e. The number of likely N-dealkylation sites (tertiary alicyclic amines) is 1. The highest BCUT2D eigenvalue weighted by atomic mass is 16.5. The summed E-state index contributed by atoms with van der Waals surface area (Å²) in [7, 11) is 1.64. The molecule has 1 fully saturated rings. The number of amides is 2. The molecule has 110 valence electrons. The molecule has 2 amide bonds. The first-order valence-electron chi connectivity index (χ1n) is 7.06. The molecule has 0 spiro atoms. The Bertz CT molecular complexity index is 299. The van der Waals surface area contributed by atoms with Gasteiger partial charge in [0.1, 0.15) is 0 Å². The van der Waals surface area contributed by atoms with Crippen molar-refractivity contribution in [3.8, 4) is 0 Å². The smallest absolute Gasteiger partial charge is 0.242 e. The third-order valence-electron chi connectivity index (χ3n) is 3.68. The highest BCUT2D eigenvalue weighted by molar-refractivity contribution is 5.83. The van der Waals surface area contributed by atoms with E-state index in [1.54, 1.807) is 12.0 Å². The van der Waals surface area contributed by atoms with E-state index in [1.165, 1.54) is 6.92 Å². The van der Waals surface area contributed by atoms with E-state index in [1.807, 2.05) is 4.90 Å². The Morgan fingerprint density at radius 3 is 2.47 bits per heavy atom. The molecule has 5 heteroatoms. The fourth-order valence-electron chi connectivity index (χ4n) is 2.27. The van der Waals surface area contributed by atoms with Crippen molar-refractivity contribution in [2.75, 3.05) is 39.9 Å². The van der Waals surface area contributed by atoms with Crippen LogP contribution in [0.4, 0.5) is 0 Å². The molecule has 0 atom stereocenters. The number of ether oxygens (including phenoxy) is 1. The average Bonchev–Trinajstić information content (AvgIpc) is 2.38. The van der Waals surface area contributed by atoms with Gasteiger partial charge in [0.15, 0.2) is 0 Å². The summed E-state index contributed by atoms with van der Waals surface area (Å²) in [6, 6.07) is 0. The van der Waals surface area contributed by atoms with Crippen LogP contribution in [-0.4, -0.2) is 61.5 Å². The molecule has 0 N–H and O–H groups in total. The van der Waals surface area contributed by atoms with Gasteiger partial charge in [-0.3, -0.25) is 9.59 Å². The number of methoxy groups -OCH3 is 1. The molecule has 0 unspecified atom stereocenters. The predicted molar refractivity (Wildman–Crippen MR) is 73.7 cm³/mol. The molecule has 19 heavy (non-hydrogen) atoms. The normalized spacial score (nSPS) is 16.5. The maximum absolute atomic E-state index is 12.2. The summed E-state index contributed by atoms with van der Waals surface area (Å²) in [6.07, 6.45) is 2.89. The number of carbonyl (C=O) groups is 2. The lowest BCUT2D eigenvalue weighted by molar-refractivity contribution is -0.140. The first-order valence-corrected chi connectivity index (χ1v) is 7.06.